The molecule has 1 atom stereocenters. The topological polar surface area (TPSA) is 80.2 Å². The van der Waals surface area contributed by atoms with Crippen LogP contribution < -0.4 is 19.8 Å². The van der Waals surface area contributed by atoms with E-state index in [0.717, 1.165) is 32.8 Å². The molecule has 7 nitrogen and oxygen atoms in total. The third-order valence-electron chi connectivity index (χ3n) is 5.54. The van der Waals surface area contributed by atoms with Crippen LogP contribution in [0.15, 0.2) is 82.4 Å². The molecule has 180 valence electrons. The summed E-state index contributed by atoms with van der Waals surface area (Å²) in [6.45, 7) is 3.29. The van der Waals surface area contributed by atoms with Gasteiger partial charge in [-0.1, -0.05) is 28.1 Å². The number of carbonyl (C=O) groups is 2. The summed E-state index contributed by atoms with van der Waals surface area (Å²) in [6.07, 6.45) is 1.72. The summed E-state index contributed by atoms with van der Waals surface area (Å²) in [7, 11) is 0. The molecule has 2 amide bonds. The van der Waals surface area contributed by atoms with E-state index in [9.17, 15) is 9.59 Å². The van der Waals surface area contributed by atoms with Gasteiger partial charge in [0.1, 0.15) is 18.1 Å². The van der Waals surface area contributed by atoms with Crippen LogP contribution in [0.4, 0.5) is 5.69 Å². The number of nitrogens with zero attached hydrogens (tertiary/aromatic N) is 2. The monoisotopic (exact) mass is 535 g/mol. The number of nitrogens with one attached hydrogen (secondary N) is 1. The van der Waals surface area contributed by atoms with E-state index in [4.69, 9.17) is 9.47 Å². The van der Waals surface area contributed by atoms with Gasteiger partial charge in [0.05, 0.1) is 18.7 Å². The van der Waals surface area contributed by atoms with E-state index < -0.39 is 5.92 Å². The SMILES string of the molecule is CCOc1ccc(N2C[C@H](C(=O)N/N=C\c3ccc(OCc4ccc(Br)cc4)cc3)CC2=O)cc1. The molecule has 1 N–H and O–H groups in total. The number of rotatable bonds is 9. The Hall–Kier alpha value is -3.65. The average Bonchev–Trinajstić information content (AvgIpc) is 3.27. The molecule has 8 heteroatoms. The summed E-state index contributed by atoms with van der Waals surface area (Å²) in [5.41, 5.74) is 5.20. The fraction of sp³-hybridized carbons (Fsp3) is 0.222. The largest absolute Gasteiger partial charge is 0.494 e. The summed E-state index contributed by atoms with van der Waals surface area (Å²) in [6, 6.07) is 22.7. The predicted octanol–water partition coefficient (Wildman–Crippen LogP) is 4.93. The molecule has 0 aromatic heterocycles. The highest BCUT2D eigenvalue weighted by atomic mass is 79.9. The van der Waals surface area contributed by atoms with Gasteiger partial charge in [0, 0.05) is 23.1 Å². The van der Waals surface area contributed by atoms with Crippen LogP contribution in [0, 0.1) is 5.92 Å². The first-order chi connectivity index (χ1) is 17.0. The Labute approximate surface area is 212 Å². The summed E-state index contributed by atoms with van der Waals surface area (Å²) < 4.78 is 12.3. The van der Waals surface area contributed by atoms with Crippen molar-refractivity contribution in [2.45, 2.75) is 20.0 Å². The maximum atomic E-state index is 12.5. The van der Waals surface area contributed by atoms with Gasteiger partial charge < -0.3 is 14.4 Å². The molecule has 0 saturated carbocycles. The van der Waals surface area contributed by atoms with E-state index in [1.165, 1.54) is 0 Å². The molecule has 0 radical (unpaired) electrons. The zero-order valence-electron chi connectivity index (χ0n) is 19.3. The second-order valence-electron chi connectivity index (χ2n) is 8.05. The van der Waals surface area contributed by atoms with Gasteiger partial charge in [-0.25, -0.2) is 5.43 Å². The molecule has 3 aromatic carbocycles. The lowest BCUT2D eigenvalue weighted by Crippen LogP contribution is -2.30. The van der Waals surface area contributed by atoms with Crippen molar-refractivity contribution in [1.29, 1.82) is 0 Å². The maximum absolute atomic E-state index is 12.5. The van der Waals surface area contributed by atoms with Crippen molar-refractivity contribution in [3.8, 4) is 11.5 Å². The Bertz CT molecular complexity index is 1180. The van der Waals surface area contributed by atoms with Crippen LogP contribution in [-0.2, 0) is 16.2 Å². The predicted molar refractivity (Wildman–Crippen MR) is 139 cm³/mol. The van der Waals surface area contributed by atoms with E-state index in [0.29, 0.717) is 19.8 Å². The van der Waals surface area contributed by atoms with Crippen molar-refractivity contribution in [3.63, 3.8) is 0 Å². The number of benzene rings is 3. The smallest absolute Gasteiger partial charge is 0.245 e. The van der Waals surface area contributed by atoms with Crippen LogP contribution in [0.3, 0.4) is 0 Å². The van der Waals surface area contributed by atoms with Crippen LogP contribution in [0.5, 0.6) is 11.5 Å². The molecule has 0 aliphatic carbocycles. The van der Waals surface area contributed by atoms with Gasteiger partial charge in [-0.3, -0.25) is 9.59 Å². The van der Waals surface area contributed by atoms with Crippen LogP contribution >= 0.6 is 15.9 Å². The standard InChI is InChI=1S/C27H26BrN3O4/c1-2-34-24-13-9-23(10-14-24)31-17-21(15-26(31)32)27(33)30-29-16-19-5-11-25(12-6-19)35-18-20-3-7-22(28)8-4-20/h3-14,16,21H,2,15,17-18H2,1H3,(H,30,33)/b29-16-/t21-/m1/s1. The molecule has 1 heterocycles. The quantitative estimate of drug-likeness (QED) is 0.311. The Morgan fingerprint density at radius 2 is 1.69 bits per heavy atom. The molecule has 35 heavy (non-hydrogen) atoms. The molecule has 1 fully saturated rings. The number of anilines is 1. The lowest BCUT2D eigenvalue weighted by molar-refractivity contribution is -0.126. The van der Waals surface area contributed by atoms with Crippen LogP contribution in [-0.4, -0.2) is 31.2 Å². The normalized spacial score (nSPS) is 15.4. The van der Waals surface area contributed by atoms with Gasteiger partial charge in [-0.15, -0.1) is 0 Å². The molecular weight excluding hydrogens is 510 g/mol. The first kappa shape index (κ1) is 24.5. The van der Waals surface area contributed by atoms with Crippen LogP contribution in [0.25, 0.3) is 0 Å². The Morgan fingerprint density at radius 3 is 2.37 bits per heavy atom. The van der Waals surface area contributed by atoms with Crippen molar-refractivity contribution in [3.05, 3.63) is 88.4 Å². The summed E-state index contributed by atoms with van der Waals surface area (Å²) in [5.74, 6) is 0.666. The lowest BCUT2D eigenvalue weighted by Gasteiger charge is -2.17. The van der Waals surface area contributed by atoms with E-state index in [1.54, 1.807) is 11.1 Å². The van der Waals surface area contributed by atoms with Crippen molar-refractivity contribution >= 4 is 39.6 Å². The molecule has 0 bridgehead atoms. The van der Waals surface area contributed by atoms with E-state index >= 15 is 0 Å². The van der Waals surface area contributed by atoms with Crippen LogP contribution in [0.1, 0.15) is 24.5 Å². The molecule has 3 aromatic rings. The summed E-state index contributed by atoms with van der Waals surface area (Å²) in [4.78, 5) is 26.6. The van der Waals surface area contributed by atoms with Gasteiger partial charge in [-0.2, -0.15) is 5.10 Å². The third kappa shape index (κ3) is 6.70. The molecule has 1 aliphatic rings. The Kier molecular flexibility index (Phi) is 8.15. The zero-order chi connectivity index (χ0) is 24.6. The van der Waals surface area contributed by atoms with E-state index in [-0.39, 0.29) is 18.2 Å². The number of halogens is 1. The minimum Gasteiger partial charge on any atom is -0.494 e. The zero-order valence-corrected chi connectivity index (χ0v) is 20.9. The molecule has 1 saturated heterocycles. The molecule has 1 aliphatic heterocycles. The molecule has 0 spiro atoms. The lowest BCUT2D eigenvalue weighted by atomic mass is 10.1. The maximum Gasteiger partial charge on any atom is 0.245 e. The number of hydrogen-bond acceptors (Lipinski definition) is 5. The summed E-state index contributed by atoms with van der Waals surface area (Å²) in [5, 5.41) is 4.06. The van der Waals surface area contributed by atoms with Gasteiger partial charge in [-0.05, 0) is 78.7 Å². The second-order valence-corrected chi connectivity index (χ2v) is 8.97. The van der Waals surface area contributed by atoms with Gasteiger partial charge in [0.2, 0.25) is 11.8 Å². The first-order valence-electron chi connectivity index (χ1n) is 11.4. The van der Waals surface area contributed by atoms with Crippen molar-refractivity contribution < 1.29 is 19.1 Å². The number of hydrogen-bond donors (Lipinski definition) is 1. The molecule has 0 unspecified atom stereocenters. The summed E-state index contributed by atoms with van der Waals surface area (Å²) >= 11 is 3.42. The fourth-order valence-electron chi connectivity index (χ4n) is 3.68. The number of hydrazone groups is 1. The van der Waals surface area contributed by atoms with Crippen LogP contribution in [0.2, 0.25) is 0 Å². The highest BCUT2D eigenvalue weighted by Crippen LogP contribution is 2.27. The highest BCUT2D eigenvalue weighted by Gasteiger charge is 2.35. The highest BCUT2D eigenvalue weighted by molar-refractivity contribution is 9.10. The van der Waals surface area contributed by atoms with Crippen molar-refractivity contribution in [1.82, 2.24) is 5.43 Å². The number of ether oxygens (including phenoxy) is 2. The average molecular weight is 536 g/mol. The minimum atomic E-state index is -0.458. The van der Waals surface area contributed by atoms with Crippen molar-refractivity contribution in [2.75, 3.05) is 18.1 Å². The number of carbonyl (C=O) groups excluding carboxylic acids is 2. The van der Waals surface area contributed by atoms with Gasteiger partial charge in [0.15, 0.2) is 0 Å². The van der Waals surface area contributed by atoms with Gasteiger partial charge >= 0.3 is 0 Å². The van der Waals surface area contributed by atoms with Gasteiger partial charge in [0.25, 0.3) is 0 Å². The molecular formula is C27H26BrN3O4. The second kappa shape index (κ2) is 11.7. The third-order valence-corrected chi connectivity index (χ3v) is 6.07. The number of amides is 2. The van der Waals surface area contributed by atoms with E-state index in [2.05, 4.69) is 26.5 Å². The Balaban J connectivity index is 1.25. The van der Waals surface area contributed by atoms with E-state index in [1.807, 2.05) is 79.7 Å². The fourth-order valence-corrected chi connectivity index (χ4v) is 3.95. The van der Waals surface area contributed by atoms with Crippen molar-refractivity contribution in [2.24, 2.45) is 11.0 Å². The Morgan fingerprint density at radius 1 is 1.03 bits per heavy atom. The first-order valence-corrected chi connectivity index (χ1v) is 12.1. The molecule has 4 rings (SSSR count). The minimum absolute atomic E-state index is 0.0861.